The lowest BCUT2D eigenvalue weighted by atomic mass is 9.86. The van der Waals surface area contributed by atoms with Crippen LogP contribution in [0.4, 0.5) is 17.9 Å². The van der Waals surface area contributed by atoms with Crippen molar-refractivity contribution in [3.05, 3.63) is 0 Å². The minimum absolute atomic E-state index is 0.174. The van der Waals surface area contributed by atoms with Gasteiger partial charge in [-0.15, -0.1) is 0 Å². The third-order valence-electron chi connectivity index (χ3n) is 1.78. The van der Waals surface area contributed by atoms with E-state index in [9.17, 15) is 17.9 Å². The summed E-state index contributed by atoms with van der Waals surface area (Å²) in [4.78, 5) is 0. The second-order valence-electron chi connectivity index (χ2n) is 2.30. The summed E-state index contributed by atoms with van der Waals surface area (Å²) in [6.07, 6.45) is 0.0781. The molecule has 0 aromatic rings. The highest BCUT2D eigenvalue weighted by Gasteiger charge is 2.52. The van der Waals surface area contributed by atoms with Crippen LogP contribution in [0, 0.1) is 0 Å². The molecule has 1 saturated carbocycles. The molecule has 0 aromatic heterocycles. The van der Waals surface area contributed by atoms with Gasteiger partial charge in [0.05, 0.1) is 0 Å². The van der Waals surface area contributed by atoms with Crippen molar-refractivity contribution in [2.45, 2.75) is 24.9 Å². The van der Waals surface area contributed by atoms with Gasteiger partial charge in [0.15, 0.2) is 5.66 Å². The van der Waals surface area contributed by atoms with Crippen LogP contribution in [-0.2, 0) is 0 Å². The van der Waals surface area contributed by atoms with Gasteiger partial charge in [-0.2, -0.15) is 0 Å². The molecule has 1 aliphatic rings. The number of nitrogens with zero attached hydrogens (tertiary/aromatic N) is 2. The van der Waals surface area contributed by atoms with Gasteiger partial charge in [0.2, 0.25) is 0 Å². The van der Waals surface area contributed by atoms with E-state index >= 15 is 0 Å². The second-order valence-corrected chi connectivity index (χ2v) is 2.30. The van der Waals surface area contributed by atoms with Gasteiger partial charge in [-0.3, -0.25) is 0 Å². The number of rotatable bonds is 2. The Balaban J connectivity index is 2.59. The third kappa shape index (κ3) is 0.873. The first-order valence-electron chi connectivity index (χ1n) is 2.83. The van der Waals surface area contributed by atoms with Crippen LogP contribution >= 0.6 is 0 Å². The maximum atomic E-state index is 11.7. The van der Waals surface area contributed by atoms with Crippen LogP contribution in [0.3, 0.4) is 0 Å². The fourth-order valence-electron chi connectivity index (χ4n) is 0.888. The van der Waals surface area contributed by atoms with Crippen molar-refractivity contribution in [1.29, 1.82) is 0 Å². The average molecular weight is 158 g/mol. The van der Waals surface area contributed by atoms with Crippen molar-refractivity contribution >= 4 is 0 Å². The topological polar surface area (TPSA) is 6.48 Å². The second kappa shape index (κ2) is 2.35. The van der Waals surface area contributed by atoms with Crippen LogP contribution in [0.2, 0.25) is 0 Å². The molecule has 0 atom stereocenters. The molecule has 10 heavy (non-hydrogen) atoms. The van der Waals surface area contributed by atoms with E-state index in [0.717, 1.165) is 0 Å². The van der Waals surface area contributed by atoms with E-state index in [1.807, 2.05) is 0 Å². The SMILES string of the molecule is FN(F)C1(N(F)F)CCC1. The van der Waals surface area contributed by atoms with Gasteiger partial charge in [-0.1, -0.05) is 17.9 Å². The molecule has 0 radical (unpaired) electrons. The van der Waals surface area contributed by atoms with E-state index in [1.165, 1.54) is 0 Å². The molecule has 0 saturated heterocycles. The summed E-state index contributed by atoms with van der Waals surface area (Å²) in [5, 5.41) is -2.84. The van der Waals surface area contributed by atoms with E-state index in [0.29, 0.717) is 6.42 Å². The largest absolute Gasteiger partial charge is 0.196 e. The Morgan fingerprint density at radius 3 is 1.30 bits per heavy atom. The Hall–Kier alpha value is -0.360. The molecule has 0 spiro atoms. The molecule has 2 nitrogen and oxygen atoms in total. The highest BCUT2D eigenvalue weighted by molar-refractivity contribution is 4.86. The minimum Gasteiger partial charge on any atom is -0.0993 e. The maximum absolute atomic E-state index is 11.7. The summed E-state index contributed by atoms with van der Waals surface area (Å²) in [5.41, 5.74) is -2.28. The Bertz CT molecular complexity index is 112. The first-order valence-corrected chi connectivity index (χ1v) is 2.83. The summed E-state index contributed by atoms with van der Waals surface area (Å²) in [6.45, 7) is 0. The first kappa shape index (κ1) is 7.74. The molecule has 1 fully saturated rings. The molecule has 0 aliphatic heterocycles. The molecule has 60 valence electrons. The van der Waals surface area contributed by atoms with E-state index in [2.05, 4.69) is 0 Å². The summed E-state index contributed by atoms with van der Waals surface area (Å²) >= 11 is 0. The van der Waals surface area contributed by atoms with Crippen LogP contribution in [0.1, 0.15) is 19.3 Å². The molecule has 0 N–H and O–H groups in total. The van der Waals surface area contributed by atoms with Crippen molar-refractivity contribution in [3.8, 4) is 0 Å². The Labute approximate surface area is 54.8 Å². The Morgan fingerprint density at radius 2 is 1.30 bits per heavy atom. The lowest BCUT2D eigenvalue weighted by Gasteiger charge is -2.39. The predicted octanol–water partition coefficient (Wildman–Crippen LogP) is 2.01. The molecule has 1 aliphatic carbocycles. The fourth-order valence-corrected chi connectivity index (χ4v) is 0.888. The van der Waals surface area contributed by atoms with Crippen LogP contribution in [0.5, 0.6) is 0 Å². The lowest BCUT2D eigenvalue weighted by molar-refractivity contribution is -0.393. The molecule has 0 bridgehead atoms. The normalized spacial score (nSPS) is 23.4. The third-order valence-corrected chi connectivity index (χ3v) is 1.78. The van der Waals surface area contributed by atoms with Crippen molar-refractivity contribution < 1.29 is 17.9 Å². The van der Waals surface area contributed by atoms with E-state index in [4.69, 9.17) is 0 Å². The highest BCUT2D eigenvalue weighted by Crippen LogP contribution is 2.41. The zero-order chi connectivity index (χ0) is 7.78. The average Bonchev–Trinajstić information content (AvgIpc) is 1.57. The zero-order valence-corrected chi connectivity index (χ0v) is 5.03. The van der Waals surface area contributed by atoms with Gasteiger partial charge < -0.3 is 0 Å². The molecule has 0 amide bonds. The van der Waals surface area contributed by atoms with Crippen molar-refractivity contribution in [1.82, 2.24) is 10.7 Å². The Kier molecular flexibility index (Phi) is 1.82. The van der Waals surface area contributed by atoms with E-state index in [-0.39, 0.29) is 12.8 Å². The van der Waals surface area contributed by atoms with Gasteiger partial charge in [0.1, 0.15) is 0 Å². The maximum Gasteiger partial charge on any atom is 0.196 e. The van der Waals surface area contributed by atoms with Crippen LogP contribution < -0.4 is 0 Å². The van der Waals surface area contributed by atoms with Crippen molar-refractivity contribution in [2.24, 2.45) is 0 Å². The summed E-state index contributed by atoms with van der Waals surface area (Å²) in [5.74, 6) is 0. The van der Waals surface area contributed by atoms with E-state index < -0.39 is 16.4 Å². The molecule has 0 heterocycles. The summed E-state index contributed by atoms with van der Waals surface area (Å²) < 4.78 is 46.8. The molecule has 0 unspecified atom stereocenters. The van der Waals surface area contributed by atoms with Crippen molar-refractivity contribution in [3.63, 3.8) is 0 Å². The van der Waals surface area contributed by atoms with Crippen molar-refractivity contribution in [2.75, 3.05) is 0 Å². The summed E-state index contributed by atoms with van der Waals surface area (Å²) in [6, 6.07) is 0. The summed E-state index contributed by atoms with van der Waals surface area (Å²) in [7, 11) is 0. The number of hydrogen-bond acceptors (Lipinski definition) is 2. The molecule has 0 aromatic carbocycles. The number of halogens is 4. The minimum atomic E-state index is -2.28. The molecular formula is C4H6F4N2. The molecular weight excluding hydrogens is 152 g/mol. The quantitative estimate of drug-likeness (QED) is 0.344. The first-order chi connectivity index (χ1) is 4.59. The van der Waals surface area contributed by atoms with Gasteiger partial charge in [0.25, 0.3) is 0 Å². The predicted molar refractivity (Wildman–Crippen MR) is 24.7 cm³/mol. The van der Waals surface area contributed by atoms with Gasteiger partial charge in [0, 0.05) is 10.7 Å². The zero-order valence-electron chi connectivity index (χ0n) is 5.03. The van der Waals surface area contributed by atoms with Gasteiger partial charge >= 0.3 is 0 Å². The molecule has 1 rings (SSSR count). The lowest BCUT2D eigenvalue weighted by Crippen LogP contribution is -2.54. The van der Waals surface area contributed by atoms with Crippen LogP contribution in [0.15, 0.2) is 0 Å². The van der Waals surface area contributed by atoms with Crippen LogP contribution in [0.25, 0.3) is 0 Å². The molecule has 6 heteroatoms. The monoisotopic (exact) mass is 158 g/mol. The van der Waals surface area contributed by atoms with Crippen LogP contribution in [-0.4, -0.2) is 16.4 Å². The fraction of sp³-hybridized carbons (Fsp3) is 1.00. The Morgan fingerprint density at radius 1 is 0.900 bits per heavy atom. The van der Waals surface area contributed by atoms with E-state index in [1.54, 1.807) is 0 Å². The smallest absolute Gasteiger partial charge is 0.0993 e. The van der Waals surface area contributed by atoms with Gasteiger partial charge in [-0.05, 0) is 19.3 Å². The number of hydrogen-bond donors (Lipinski definition) is 0. The standard InChI is InChI=1S/C4H6F4N2/c5-9(6)4(10(7)8)2-1-3-4/h1-3H2. The van der Waals surface area contributed by atoms with Gasteiger partial charge in [-0.25, -0.2) is 0 Å². The highest BCUT2D eigenvalue weighted by atomic mass is 19.4.